The Balaban J connectivity index is 2.12. The first-order valence-corrected chi connectivity index (χ1v) is 8.59. The predicted molar refractivity (Wildman–Crippen MR) is 101 cm³/mol. The van der Waals surface area contributed by atoms with Gasteiger partial charge >= 0.3 is 6.18 Å². The number of nitrogens with one attached hydrogen (secondary N) is 2. The number of hydrogen-bond acceptors (Lipinski definition) is 2. The molecule has 7 heteroatoms. The largest absolute Gasteiger partial charge is 0.416 e. The molecular weight excluding hydrogens is 369 g/mol. The summed E-state index contributed by atoms with van der Waals surface area (Å²) in [6, 6.07) is 9.94. The fourth-order valence-electron chi connectivity index (χ4n) is 2.90. The summed E-state index contributed by atoms with van der Waals surface area (Å²) in [4.78, 5) is 26.3. The molecule has 1 aromatic heterocycles. The Morgan fingerprint density at radius 3 is 2.32 bits per heavy atom. The average Bonchev–Trinajstić information content (AvgIpc) is 3.01. The number of aldehydes is 1. The van der Waals surface area contributed by atoms with E-state index < -0.39 is 23.2 Å². The van der Waals surface area contributed by atoms with E-state index in [-0.39, 0.29) is 11.1 Å². The molecule has 4 nitrogen and oxygen atoms in total. The second-order valence-corrected chi connectivity index (χ2v) is 7.65. The lowest BCUT2D eigenvalue weighted by atomic mass is 9.97. The summed E-state index contributed by atoms with van der Waals surface area (Å²) in [7, 11) is 0. The normalized spacial score (nSPS) is 12.2. The summed E-state index contributed by atoms with van der Waals surface area (Å²) in [5, 5.41) is 3.38. The zero-order valence-electron chi connectivity index (χ0n) is 15.6. The SMILES string of the molecule is CC(C)(C)NC(=O)c1cc(-c2ccc3[nH]c(C=O)cc3c2)cc(C(F)(F)F)c1. The van der Waals surface area contributed by atoms with E-state index in [1.54, 1.807) is 45.0 Å². The minimum Gasteiger partial charge on any atom is -0.352 e. The first-order chi connectivity index (χ1) is 13.0. The summed E-state index contributed by atoms with van der Waals surface area (Å²) in [6.07, 6.45) is -3.92. The van der Waals surface area contributed by atoms with Crippen molar-refractivity contribution >= 4 is 23.1 Å². The van der Waals surface area contributed by atoms with Gasteiger partial charge in [-0.05, 0) is 68.3 Å². The Kier molecular flexibility index (Phi) is 4.79. The standard InChI is InChI=1S/C21H19F3N2O2/c1-20(2,3)26-19(28)15-7-13(8-16(9-15)21(22,23)24)12-4-5-18-14(6-12)10-17(11-27)25-18/h4-11,25H,1-3H3,(H,26,28). The molecule has 28 heavy (non-hydrogen) atoms. The van der Waals surface area contributed by atoms with Crippen molar-refractivity contribution in [1.29, 1.82) is 0 Å². The number of halogens is 3. The predicted octanol–water partition coefficient (Wildman–Crippen LogP) is 5.19. The molecule has 2 N–H and O–H groups in total. The number of fused-ring (bicyclic) bond motifs is 1. The van der Waals surface area contributed by atoms with Crippen molar-refractivity contribution in [2.75, 3.05) is 0 Å². The topological polar surface area (TPSA) is 62.0 Å². The lowest BCUT2D eigenvalue weighted by Crippen LogP contribution is -2.40. The van der Waals surface area contributed by atoms with E-state index in [0.717, 1.165) is 12.1 Å². The van der Waals surface area contributed by atoms with Crippen LogP contribution in [0, 0.1) is 0 Å². The van der Waals surface area contributed by atoms with Crippen LogP contribution in [0.25, 0.3) is 22.0 Å². The van der Waals surface area contributed by atoms with E-state index in [2.05, 4.69) is 10.3 Å². The first kappa shape index (κ1) is 19.7. The van der Waals surface area contributed by atoms with Crippen molar-refractivity contribution in [2.45, 2.75) is 32.5 Å². The monoisotopic (exact) mass is 388 g/mol. The maximum atomic E-state index is 13.4. The zero-order chi connectivity index (χ0) is 20.7. The van der Waals surface area contributed by atoms with E-state index in [0.29, 0.717) is 28.4 Å². The first-order valence-electron chi connectivity index (χ1n) is 8.59. The lowest BCUT2D eigenvalue weighted by molar-refractivity contribution is -0.137. The molecule has 0 aliphatic heterocycles. The average molecular weight is 388 g/mol. The van der Waals surface area contributed by atoms with Crippen LogP contribution in [0.5, 0.6) is 0 Å². The van der Waals surface area contributed by atoms with Gasteiger partial charge in [0, 0.05) is 22.0 Å². The van der Waals surface area contributed by atoms with Gasteiger partial charge in [-0.25, -0.2) is 0 Å². The Hall–Kier alpha value is -3.09. The van der Waals surface area contributed by atoms with Crippen LogP contribution in [0.1, 0.15) is 47.2 Å². The highest BCUT2D eigenvalue weighted by atomic mass is 19.4. The number of carbonyl (C=O) groups is 2. The number of amides is 1. The number of aromatic amines is 1. The number of H-pyrrole nitrogens is 1. The molecule has 3 aromatic rings. The van der Waals surface area contributed by atoms with Crippen molar-refractivity contribution < 1.29 is 22.8 Å². The fourth-order valence-corrected chi connectivity index (χ4v) is 2.90. The quantitative estimate of drug-likeness (QED) is 0.606. The molecule has 146 valence electrons. The fraction of sp³-hybridized carbons (Fsp3) is 0.238. The Labute approximate surface area is 159 Å². The minimum atomic E-state index is -4.59. The molecule has 0 unspecified atom stereocenters. The van der Waals surface area contributed by atoms with Crippen LogP contribution in [-0.2, 0) is 6.18 Å². The van der Waals surface area contributed by atoms with Crippen molar-refractivity contribution in [3.8, 4) is 11.1 Å². The maximum Gasteiger partial charge on any atom is 0.416 e. The number of rotatable bonds is 3. The van der Waals surface area contributed by atoms with Gasteiger partial charge in [0.05, 0.1) is 11.3 Å². The van der Waals surface area contributed by atoms with Crippen LogP contribution >= 0.6 is 0 Å². The molecule has 0 atom stereocenters. The number of hydrogen-bond donors (Lipinski definition) is 2. The van der Waals surface area contributed by atoms with Crippen LogP contribution in [0.4, 0.5) is 13.2 Å². The molecule has 0 aliphatic rings. The highest BCUT2D eigenvalue weighted by molar-refractivity contribution is 5.97. The van der Waals surface area contributed by atoms with Crippen LogP contribution in [0.2, 0.25) is 0 Å². The second kappa shape index (κ2) is 6.82. The molecule has 3 rings (SSSR count). The molecule has 0 bridgehead atoms. The van der Waals surface area contributed by atoms with E-state index in [1.807, 2.05) is 0 Å². The van der Waals surface area contributed by atoms with Crippen LogP contribution in [0.3, 0.4) is 0 Å². The van der Waals surface area contributed by atoms with Crippen molar-refractivity contribution in [3.63, 3.8) is 0 Å². The Morgan fingerprint density at radius 1 is 1.00 bits per heavy atom. The molecular formula is C21H19F3N2O2. The second-order valence-electron chi connectivity index (χ2n) is 7.65. The summed E-state index contributed by atoms with van der Waals surface area (Å²) in [5.41, 5.74) is 0.310. The van der Waals surface area contributed by atoms with Gasteiger partial charge in [-0.3, -0.25) is 9.59 Å². The van der Waals surface area contributed by atoms with E-state index in [4.69, 9.17) is 0 Å². The van der Waals surface area contributed by atoms with Gasteiger partial charge < -0.3 is 10.3 Å². The van der Waals surface area contributed by atoms with Gasteiger partial charge in [-0.2, -0.15) is 13.2 Å². The maximum absolute atomic E-state index is 13.4. The van der Waals surface area contributed by atoms with Crippen LogP contribution in [0.15, 0.2) is 42.5 Å². The number of alkyl halides is 3. The van der Waals surface area contributed by atoms with Gasteiger partial charge in [0.15, 0.2) is 6.29 Å². The molecule has 2 aromatic carbocycles. The van der Waals surface area contributed by atoms with Gasteiger partial charge in [0.2, 0.25) is 0 Å². The molecule has 0 fully saturated rings. The van der Waals surface area contributed by atoms with Crippen molar-refractivity contribution in [3.05, 3.63) is 59.3 Å². The number of carbonyl (C=O) groups excluding carboxylic acids is 2. The van der Waals surface area contributed by atoms with Crippen molar-refractivity contribution in [2.24, 2.45) is 0 Å². The molecule has 0 radical (unpaired) electrons. The molecule has 0 saturated carbocycles. The third-order valence-electron chi connectivity index (χ3n) is 4.11. The third kappa shape index (κ3) is 4.24. The zero-order valence-corrected chi connectivity index (χ0v) is 15.6. The summed E-state index contributed by atoms with van der Waals surface area (Å²) < 4.78 is 40.2. The van der Waals surface area contributed by atoms with Crippen molar-refractivity contribution in [1.82, 2.24) is 10.3 Å². The smallest absolute Gasteiger partial charge is 0.352 e. The Morgan fingerprint density at radius 2 is 1.71 bits per heavy atom. The Bertz CT molecular complexity index is 1060. The van der Waals surface area contributed by atoms with E-state index in [1.165, 1.54) is 6.07 Å². The molecule has 0 spiro atoms. The van der Waals surface area contributed by atoms with Crippen LogP contribution in [-0.4, -0.2) is 22.7 Å². The number of aromatic nitrogens is 1. The van der Waals surface area contributed by atoms with E-state index in [9.17, 15) is 22.8 Å². The highest BCUT2D eigenvalue weighted by Crippen LogP contribution is 2.34. The lowest BCUT2D eigenvalue weighted by Gasteiger charge is -2.21. The molecule has 0 aliphatic carbocycles. The third-order valence-corrected chi connectivity index (χ3v) is 4.11. The van der Waals surface area contributed by atoms with E-state index >= 15 is 0 Å². The van der Waals surface area contributed by atoms with Gasteiger partial charge in [0.25, 0.3) is 5.91 Å². The summed E-state index contributed by atoms with van der Waals surface area (Å²) in [5.74, 6) is -0.578. The van der Waals surface area contributed by atoms with Gasteiger partial charge in [-0.1, -0.05) is 6.07 Å². The summed E-state index contributed by atoms with van der Waals surface area (Å²) in [6.45, 7) is 5.26. The molecule has 1 heterocycles. The highest BCUT2D eigenvalue weighted by Gasteiger charge is 2.32. The summed E-state index contributed by atoms with van der Waals surface area (Å²) >= 11 is 0. The molecule has 1 amide bonds. The van der Waals surface area contributed by atoms with Crippen LogP contribution < -0.4 is 5.32 Å². The van der Waals surface area contributed by atoms with Gasteiger partial charge in [-0.15, -0.1) is 0 Å². The molecule has 0 saturated heterocycles. The minimum absolute atomic E-state index is 0.0671. The van der Waals surface area contributed by atoms with Gasteiger partial charge in [0.1, 0.15) is 0 Å². The number of benzene rings is 2.